The summed E-state index contributed by atoms with van der Waals surface area (Å²) in [6, 6.07) is 7.78. The zero-order valence-corrected chi connectivity index (χ0v) is 19.6. The zero-order valence-electron chi connectivity index (χ0n) is 18.8. The van der Waals surface area contributed by atoms with E-state index in [1.807, 2.05) is 36.1 Å². The van der Waals surface area contributed by atoms with Crippen LogP contribution in [0.1, 0.15) is 51.0 Å². The molecule has 0 N–H and O–H groups in total. The Morgan fingerprint density at radius 3 is 2.68 bits per heavy atom. The Bertz CT molecular complexity index is 815. The molecule has 0 aromatic heterocycles. The van der Waals surface area contributed by atoms with Crippen LogP contribution in [0.25, 0.3) is 0 Å². The van der Waals surface area contributed by atoms with E-state index in [1.54, 1.807) is 11.4 Å². The molecule has 7 nitrogen and oxygen atoms in total. The quantitative estimate of drug-likeness (QED) is 0.545. The van der Waals surface area contributed by atoms with Crippen LogP contribution < -0.4 is 4.74 Å². The van der Waals surface area contributed by atoms with Crippen molar-refractivity contribution in [1.29, 1.82) is 0 Å². The molecule has 1 aromatic rings. The van der Waals surface area contributed by atoms with E-state index in [0.717, 1.165) is 37.2 Å². The van der Waals surface area contributed by atoms with E-state index >= 15 is 0 Å². The Morgan fingerprint density at radius 2 is 2.03 bits per heavy atom. The second-order valence-electron chi connectivity index (χ2n) is 8.55. The number of benzene rings is 1. The summed E-state index contributed by atoms with van der Waals surface area (Å²) in [4.78, 5) is 15.3. The number of hydrogen-bond acceptors (Lipinski definition) is 5. The molecule has 0 spiro atoms. The van der Waals surface area contributed by atoms with Crippen LogP contribution in [0.3, 0.4) is 0 Å². The Balaban J connectivity index is 1.65. The highest BCUT2D eigenvalue weighted by molar-refractivity contribution is 7.89. The first-order chi connectivity index (χ1) is 14.9. The van der Waals surface area contributed by atoms with Crippen molar-refractivity contribution in [2.75, 3.05) is 39.1 Å². The fourth-order valence-electron chi connectivity index (χ4n) is 4.35. The predicted octanol–water partition coefficient (Wildman–Crippen LogP) is 3.04. The number of methoxy groups -OCH3 is 1. The van der Waals surface area contributed by atoms with E-state index in [1.165, 1.54) is 0 Å². The molecule has 1 atom stereocenters. The summed E-state index contributed by atoms with van der Waals surface area (Å²) in [6.07, 6.45) is 4.75. The Morgan fingerprint density at radius 1 is 1.26 bits per heavy atom. The summed E-state index contributed by atoms with van der Waals surface area (Å²) in [5, 5.41) is 0. The zero-order chi connectivity index (χ0) is 22.3. The molecule has 0 aliphatic carbocycles. The number of unbranched alkanes of at least 4 members (excludes halogenated alkanes) is 1. The molecule has 174 valence electrons. The molecule has 8 heteroatoms. The highest BCUT2D eigenvalue weighted by Gasteiger charge is 2.34. The van der Waals surface area contributed by atoms with Gasteiger partial charge >= 0.3 is 0 Å². The van der Waals surface area contributed by atoms with Gasteiger partial charge in [0.2, 0.25) is 15.9 Å². The van der Waals surface area contributed by atoms with Crippen LogP contribution in [0.2, 0.25) is 0 Å². The first-order valence-electron chi connectivity index (χ1n) is 11.4. The van der Waals surface area contributed by atoms with Gasteiger partial charge in [-0.1, -0.05) is 25.5 Å². The van der Waals surface area contributed by atoms with Gasteiger partial charge in [0.05, 0.1) is 19.0 Å². The van der Waals surface area contributed by atoms with Crippen LogP contribution in [0.5, 0.6) is 5.75 Å². The van der Waals surface area contributed by atoms with Gasteiger partial charge in [-0.2, -0.15) is 0 Å². The first kappa shape index (κ1) is 24.0. The standard InChI is InChI=1S/C23H36N2O5S/c1-3-4-15-31(27,28)25-12-10-20(11-13-25)23(26)24(18-22-9-6-14-30-22)17-19-7-5-8-21(16-19)29-2/h5,7-8,16,20,22H,3-4,6,9-15,17-18H2,1-2H3. The van der Waals surface area contributed by atoms with E-state index in [0.29, 0.717) is 45.4 Å². The van der Waals surface area contributed by atoms with E-state index in [9.17, 15) is 13.2 Å². The number of piperidine rings is 1. The average molecular weight is 453 g/mol. The number of ether oxygens (including phenoxy) is 2. The molecule has 0 saturated carbocycles. The molecule has 1 unspecified atom stereocenters. The molecule has 1 amide bonds. The van der Waals surface area contributed by atoms with Gasteiger partial charge in [0.15, 0.2) is 0 Å². The predicted molar refractivity (Wildman–Crippen MR) is 120 cm³/mol. The third-order valence-electron chi connectivity index (χ3n) is 6.22. The fraction of sp³-hybridized carbons (Fsp3) is 0.696. The molecule has 0 bridgehead atoms. The van der Waals surface area contributed by atoms with Crippen LogP contribution in [-0.4, -0.2) is 68.7 Å². The minimum Gasteiger partial charge on any atom is -0.497 e. The van der Waals surface area contributed by atoms with Crippen molar-refractivity contribution in [2.45, 2.75) is 58.1 Å². The topological polar surface area (TPSA) is 76.2 Å². The molecule has 2 fully saturated rings. The molecule has 2 aliphatic rings. The summed E-state index contributed by atoms with van der Waals surface area (Å²) < 4.78 is 37.7. The van der Waals surface area contributed by atoms with Crippen molar-refractivity contribution in [2.24, 2.45) is 5.92 Å². The highest BCUT2D eigenvalue weighted by atomic mass is 32.2. The molecular formula is C23H36N2O5S. The minimum atomic E-state index is -3.22. The van der Waals surface area contributed by atoms with Gasteiger partial charge < -0.3 is 14.4 Å². The summed E-state index contributed by atoms with van der Waals surface area (Å²) >= 11 is 0. The van der Waals surface area contributed by atoms with Gasteiger partial charge in [-0.05, 0) is 49.8 Å². The Labute approximate surface area is 186 Å². The third-order valence-corrected chi connectivity index (χ3v) is 8.18. The monoisotopic (exact) mass is 452 g/mol. The van der Waals surface area contributed by atoms with Crippen LogP contribution in [0, 0.1) is 5.92 Å². The van der Waals surface area contributed by atoms with Crippen LogP contribution in [-0.2, 0) is 26.1 Å². The SMILES string of the molecule is CCCCS(=O)(=O)N1CCC(C(=O)N(Cc2cccc(OC)c2)CC2CCCO2)CC1. The molecule has 0 radical (unpaired) electrons. The lowest BCUT2D eigenvalue weighted by Crippen LogP contribution is -2.46. The summed E-state index contributed by atoms with van der Waals surface area (Å²) in [7, 11) is -1.58. The lowest BCUT2D eigenvalue weighted by Gasteiger charge is -2.34. The molecule has 3 rings (SSSR count). The van der Waals surface area contributed by atoms with Crippen molar-refractivity contribution in [3.63, 3.8) is 0 Å². The fourth-order valence-corrected chi connectivity index (χ4v) is 6.03. The number of sulfonamides is 1. The van der Waals surface area contributed by atoms with Crippen LogP contribution >= 0.6 is 0 Å². The van der Waals surface area contributed by atoms with Crippen molar-refractivity contribution in [1.82, 2.24) is 9.21 Å². The molecule has 31 heavy (non-hydrogen) atoms. The maximum absolute atomic E-state index is 13.4. The summed E-state index contributed by atoms with van der Waals surface area (Å²) in [5.74, 6) is 0.921. The summed E-state index contributed by atoms with van der Waals surface area (Å²) in [6.45, 7) is 4.67. The maximum atomic E-state index is 13.4. The second kappa shape index (κ2) is 11.3. The number of rotatable bonds is 10. The van der Waals surface area contributed by atoms with Crippen molar-refractivity contribution in [3.05, 3.63) is 29.8 Å². The van der Waals surface area contributed by atoms with Crippen LogP contribution in [0.4, 0.5) is 0 Å². The van der Waals surface area contributed by atoms with Crippen molar-refractivity contribution in [3.8, 4) is 5.75 Å². The van der Waals surface area contributed by atoms with E-state index < -0.39 is 10.0 Å². The number of carbonyl (C=O) groups excluding carboxylic acids is 1. The lowest BCUT2D eigenvalue weighted by molar-refractivity contribution is -0.139. The maximum Gasteiger partial charge on any atom is 0.226 e. The van der Waals surface area contributed by atoms with Crippen molar-refractivity contribution < 1.29 is 22.7 Å². The Hall–Kier alpha value is -1.64. The van der Waals surface area contributed by atoms with E-state index in [2.05, 4.69) is 0 Å². The van der Waals surface area contributed by atoms with Gasteiger partial charge in [0.1, 0.15) is 5.75 Å². The lowest BCUT2D eigenvalue weighted by atomic mass is 9.96. The molecule has 2 aliphatic heterocycles. The van der Waals surface area contributed by atoms with Crippen molar-refractivity contribution >= 4 is 15.9 Å². The van der Waals surface area contributed by atoms with E-state index in [4.69, 9.17) is 9.47 Å². The van der Waals surface area contributed by atoms with Gasteiger partial charge in [0.25, 0.3) is 0 Å². The van der Waals surface area contributed by atoms with Gasteiger partial charge in [-0.3, -0.25) is 4.79 Å². The van der Waals surface area contributed by atoms with Gasteiger partial charge in [-0.15, -0.1) is 0 Å². The number of carbonyl (C=O) groups is 1. The number of hydrogen-bond donors (Lipinski definition) is 0. The molecule has 2 saturated heterocycles. The number of nitrogens with zero attached hydrogens (tertiary/aromatic N) is 2. The second-order valence-corrected chi connectivity index (χ2v) is 10.6. The Kier molecular flexibility index (Phi) is 8.75. The van der Waals surface area contributed by atoms with E-state index in [-0.39, 0.29) is 23.7 Å². The van der Waals surface area contributed by atoms with Crippen LogP contribution in [0.15, 0.2) is 24.3 Å². The van der Waals surface area contributed by atoms with Gasteiger partial charge in [0, 0.05) is 38.7 Å². The summed E-state index contributed by atoms with van der Waals surface area (Å²) in [5.41, 5.74) is 1.02. The normalized spacial score (nSPS) is 20.6. The number of amides is 1. The molecule has 2 heterocycles. The highest BCUT2D eigenvalue weighted by Crippen LogP contribution is 2.25. The third kappa shape index (κ3) is 6.67. The van der Waals surface area contributed by atoms with Gasteiger partial charge in [-0.25, -0.2) is 12.7 Å². The molecular weight excluding hydrogens is 416 g/mol. The first-order valence-corrected chi connectivity index (χ1v) is 13.0. The smallest absolute Gasteiger partial charge is 0.226 e. The molecule has 1 aromatic carbocycles. The largest absolute Gasteiger partial charge is 0.497 e. The average Bonchev–Trinajstić information content (AvgIpc) is 3.30. The minimum absolute atomic E-state index is 0.0732.